The number of terminal acetylenes is 1. The number of amides is 1. The lowest BCUT2D eigenvalue weighted by atomic mass is 9.78. The van der Waals surface area contributed by atoms with Crippen molar-refractivity contribution in [1.82, 2.24) is 19.5 Å². The minimum absolute atomic E-state index is 0.0492. The Bertz CT molecular complexity index is 1730. The van der Waals surface area contributed by atoms with Gasteiger partial charge < -0.3 is 28.8 Å². The number of benzene rings is 1. The van der Waals surface area contributed by atoms with Crippen molar-refractivity contribution in [3.8, 4) is 18.1 Å². The first-order valence-corrected chi connectivity index (χ1v) is 14.5. The fraction of sp³-hybridized carbons (Fsp3) is 0.469. The third kappa shape index (κ3) is 7.66. The first-order valence-electron chi connectivity index (χ1n) is 14.5. The molecule has 0 aliphatic carbocycles. The molecule has 1 aliphatic heterocycles. The van der Waals surface area contributed by atoms with Gasteiger partial charge in [-0.1, -0.05) is 25.8 Å². The Morgan fingerprint density at radius 2 is 1.98 bits per heavy atom. The molecule has 244 valence electrons. The van der Waals surface area contributed by atoms with Crippen molar-refractivity contribution in [2.75, 3.05) is 19.0 Å². The van der Waals surface area contributed by atoms with Gasteiger partial charge in [0.15, 0.2) is 28.7 Å². The van der Waals surface area contributed by atoms with Gasteiger partial charge in [-0.05, 0) is 31.0 Å². The number of aromatic nitrogens is 4. The Morgan fingerprint density at radius 1 is 1.24 bits per heavy atom. The van der Waals surface area contributed by atoms with E-state index in [1.807, 2.05) is 33.8 Å². The monoisotopic (exact) mass is 637 g/mol. The molecular formula is C32H36FN5O8. The molecule has 1 aliphatic rings. The number of carbonyl (C=O) groups is 4. The quantitative estimate of drug-likeness (QED) is 0.134. The smallest absolute Gasteiger partial charge is 0.312 e. The Balaban J connectivity index is 1.45. The van der Waals surface area contributed by atoms with Gasteiger partial charge in [-0.15, -0.1) is 6.42 Å². The van der Waals surface area contributed by atoms with E-state index in [0.717, 1.165) is 11.1 Å². The van der Waals surface area contributed by atoms with Gasteiger partial charge in [0.05, 0.1) is 12.7 Å². The zero-order valence-electron chi connectivity index (χ0n) is 26.6. The Hall–Kier alpha value is -4.90. The van der Waals surface area contributed by atoms with E-state index in [4.69, 9.17) is 25.4 Å². The van der Waals surface area contributed by atoms with Crippen molar-refractivity contribution >= 4 is 40.8 Å². The van der Waals surface area contributed by atoms with Crippen molar-refractivity contribution < 1.29 is 42.5 Å². The molecule has 14 heteroatoms. The van der Waals surface area contributed by atoms with Gasteiger partial charge in [0, 0.05) is 50.8 Å². The predicted octanol–water partition coefficient (Wildman–Crippen LogP) is 3.47. The van der Waals surface area contributed by atoms with E-state index >= 15 is 0 Å². The lowest BCUT2D eigenvalue weighted by Gasteiger charge is -2.30. The number of rotatable bonds is 12. The summed E-state index contributed by atoms with van der Waals surface area (Å²) in [5, 5.41) is 2.46. The van der Waals surface area contributed by atoms with Gasteiger partial charge >= 0.3 is 24.0 Å². The molecule has 46 heavy (non-hydrogen) atoms. The molecule has 1 aromatic carbocycles. The van der Waals surface area contributed by atoms with Crippen molar-refractivity contribution in [2.24, 2.45) is 0 Å². The van der Waals surface area contributed by atoms with Crippen molar-refractivity contribution in [3.63, 3.8) is 0 Å². The van der Waals surface area contributed by atoms with Crippen molar-refractivity contribution in [2.45, 2.75) is 84.0 Å². The summed E-state index contributed by atoms with van der Waals surface area (Å²) in [5.74, 6) is 0.589. The van der Waals surface area contributed by atoms with Gasteiger partial charge in [-0.25, -0.2) is 4.98 Å². The highest BCUT2D eigenvalue weighted by molar-refractivity contribution is 6.00. The van der Waals surface area contributed by atoms with Crippen LogP contribution in [0.3, 0.4) is 0 Å². The van der Waals surface area contributed by atoms with E-state index in [2.05, 4.69) is 26.2 Å². The van der Waals surface area contributed by atoms with Crippen molar-refractivity contribution in [1.29, 1.82) is 0 Å². The molecule has 1 fully saturated rings. The molecule has 2 atom stereocenters. The van der Waals surface area contributed by atoms with Crippen LogP contribution in [0.25, 0.3) is 11.2 Å². The Labute approximate surface area is 265 Å². The first-order chi connectivity index (χ1) is 21.7. The molecule has 1 saturated heterocycles. The molecule has 0 saturated carbocycles. The van der Waals surface area contributed by atoms with Gasteiger partial charge in [-0.3, -0.25) is 19.2 Å². The average Bonchev–Trinajstić information content (AvgIpc) is 3.58. The largest absolute Gasteiger partial charge is 0.461 e. The number of nitrogens with zero attached hydrogens (tertiary/aromatic N) is 4. The highest BCUT2D eigenvalue weighted by Crippen LogP contribution is 2.38. The molecule has 3 heterocycles. The summed E-state index contributed by atoms with van der Waals surface area (Å²) in [6, 6.07) is 3.70. The zero-order valence-corrected chi connectivity index (χ0v) is 26.6. The van der Waals surface area contributed by atoms with E-state index in [1.54, 1.807) is 6.07 Å². The maximum absolute atomic E-state index is 14.4. The van der Waals surface area contributed by atoms with Crippen LogP contribution in [0.5, 0.6) is 5.75 Å². The number of nitrogens with one attached hydrogen (secondary N) is 1. The second-order valence-electron chi connectivity index (χ2n) is 11.8. The number of halogens is 1. The number of esters is 3. The van der Waals surface area contributed by atoms with E-state index < -0.39 is 47.0 Å². The van der Waals surface area contributed by atoms with E-state index in [-0.39, 0.29) is 55.8 Å². The molecular weight excluding hydrogens is 601 g/mol. The zero-order chi connectivity index (χ0) is 33.8. The number of hydrogen-bond acceptors (Lipinski definition) is 11. The molecule has 13 nitrogen and oxygen atoms in total. The molecule has 4 rings (SSSR count). The summed E-state index contributed by atoms with van der Waals surface area (Å²) in [6.07, 6.45) is 5.46. The molecule has 0 bridgehead atoms. The number of hydrogen-bond donors (Lipinski definition) is 1. The maximum atomic E-state index is 14.4. The maximum Gasteiger partial charge on any atom is 0.312 e. The average molecular weight is 638 g/mol. The summed E-state index contributed by atoms with van der Waals surface area (Å²) >= 11 is 0. The second-order valence-corrected chi connectivity index (χ2v) is 11.8. The standard InChI is InChI=1S/C32H36FN5O8/c1-8-32(43-7,16-44-24(41)15-31(5,6)25-19(3)13-18(2)14-22(25)45-20(4)39)11-12-38-17-34-26-27(36-30(33)37-28(26)38)35-29(42)21-9-10-23(40)46-21/h1,13-14,17,21H,9-12,15-16H2,2-7H3,(H,35,36,37,42)/t21-,32?/m1/s1. The van der Waals surface area contributed by atoms with Crippen LogP contribution in [-0.2, 0) is 45.3 Å². The number of cyclic esters (lactones) is 1. The normalized spacial score (nSPS) is 16.0. The lowest BCUT2D eigenvalue weighted by molar-refractivity contribution is -0.151. The van der Waals surface area contributed by atoms with E-state index in [1.165, 1.54) is 24.9 Å². The molecule has 1 unspecified atom stereocenters. The number of fused-ring (bicyclic) bond motifs is 1. The predicted molar refractivity (Wildman–Crippen MR) is 162 cm³/mol. The van der Waals surface area contributed by atoms with Crippen LogP contribution in [0, 0.1) is 32.3 Å². The van der Waals surface area contributed by atoms with Gasteiger partial charge in [0.1, 0.15) is 12.4 Å². The minimum atomic E-state index is -1.35. The summed E-state index contributed by atoms with van der Waals surface area (Å²) in [6.45, 7) is 8.63. The summed E-state index contributed by atoms with van der Waals surface area (Å²) < 4.78 is 37.6. The lowest BCUT2D eigenvalue weighted by Crippen LogP contribution is -2.38. The van der Waals surface area contributed by atoms with Crippen molar-refractivity contribution in [3.05, 3.63) is 41.2 Å². The number of carbonyl (C=O) groups excluding carboxylic acids is 4. The highest BCUT2D eigenvalue weighted by Gasteiger charge is 2.35. The number of imidazole rings is 1. The Morgan fingerprint density at radius 3 is 2.61 bits per heavy atom. The molecule has 0 spiro atoms. The number of methoxy groups -OCH3 is 1. The molecule has 1 N–H and O–H groups in total. The third-order valence-electron chi connectivity index (χ3n) is 7.69. The summed E-state index contributed by atoms with van der Waals surface area (Å²) in [5.41, 5.74) is 0.542. The third-order valence-corrected chi connectivity index (χ3v) is 7.69. The fourth-order valence-corrected chi connectivity index (χ4v) is 5.51. The van der Waals surface area contributed by atoms with Gasteiger partial charge in [-0.2, -0.15) is 14.4 Å². The molecule has 3 aromatic rings. The topological polar surface area (TPSA) is 161 Å². The van der Waals surface area contributed by atoms with Gasteiger partial charge in [0.2, 0.25) is 0 Å². The number of ether oxygens (including phenoxy) is 4. The number of anilines is 1. The number of aryl methyl sites for hydroxylation is 3. The van der Waals surface area contributed by atoms with Crippen LogP contribution < -0.4 is 10.1 Å². The van der Waals surface area contributed by atoms with Crippen LogP contribution >= 0.6 is 0 Å². The molecule has 0 radical (unpaired) electrons. The highest BCUT2D eigenvalue weighted by atomic mass is 19.1. The van der Waals surface area contributed by atoms with E-state index in [9.17, 15) is 23.6 Å². The van der Waals surface area contributed by atoms with E-state index in [0.29, 0.717) is 11.3 Å². The molecule has 2 aromatic heterocycles. The van der Waals surface area contributed by atoms with Crippen LogP contribution in [0.15, 0.2) is 18.5 Å². The Kier molecular flexibility index (Phi) is 10.1. The molecule has 1 amide bonds. The SMILES string of the molecule is C#CC(CCn1cnc2c(NC(=O)[C@H]3CCC(=O)O3)nc(F)nc21)(COC(=O)CC(C)(C)c1c(C)cc(C)cc1OC(C)=O)OC. The first kappa shape index (κ1) is 34.0. The minimum Gasteiger partial charge on any atom is -0.461 e. The summed E-state index contributed by atoms with van der Waals surface area (Å²) in [7, 11) is 1.38. The fourth-order valence-electron chi connectivity index (χ4n) is 5.51. The second kappa shape index (κ2) is 13.6. The van der Waals surface area contributed by atoms with Crippen LogP contribution in [-0.4, -0.2) is 68.8 Å². The van der Waals surface area contributed by atoms with Crippen LogP contribution in [0.4, 0.5) is 10.2 Å². The van der Waals surface area contributed by atoms with Gasteiger partial charge in [0.25, 0.3) is 5.91 Å². The van der Waals surface area contributed by atoms with Crippen LogP contribution in [0.2, 0.25) is 0 Å². The van der Waals surface area contributed by atoms with Crippen LogP contribution in [0.1, 0.15) is 63.1 Å². The summed E-state index contributed by atoms with van der Waals surface area (Å²) in [4.78, 5) is 60.5.